The van der Waals surface area contributed by atoms with Gasteiger partial charge < -0.3 is 0 Å². The van der Waals surface area contributed by atoms with Gasteiger partial charge in [-0.1, -0.05) is 6.08 Å². The summed E-state index contributed by atoms with van der Waals surface area (Å²) in [5.41, 5.74) is 0.186. The quantitative estimate of drug-likeness (QED) is 0.485. The maximum atomic E-state index is 10.2. The zero-order chi connectivity index (χ0) is 7.56. The Kier molecular flexibility index (Phi) is 2.21. The van der Waals surface area contributed by atoms with Crippen LogP contribution in [-0.2, 0) is 0 Å². The lowest BCUT2D eigenvalue weighted by Gasteiger charge is -2.01. The van der Waals surface area contributed by atoms with Crippen LogP contribution in [0.3, 0.4) is 0 Å². The van der Waals surface area contributed by atoms with Crippen molar-refractivity contribution in [3.8, 4) is 0 Å². The Morgan fingerprint density at radius 3 is 2.80 bits per heavy atom. The summed E-state index contributed by atoms with van der Waals surface area (Å²) in [6, 6.07) is 0. The molecular formula is C6H6BrNO2. The molecule has 54 valence electrons. The van der Waals surface area contributed by atoms with E-state index in [2.05, 4.69) is 15.9 Å². The number of nitro groups is 1. The van der Waals surface area contributed by atoms with Crippen LogP contribution in [-0.4, -0.2) is 4.92 Å². The monoisotopic (exact) mass is 203 g/mol. The van der Waals surface area contributed by atoms with Crippen molar-refractivity contribution in [3.05, 3.63) is 32.4 Å². The molecular weight excluding hydrogens is 198 g/mol. The van der Waals surface area contributed by atoms with Crippen molar-refractivity contribution < 1.29 is 4.92 Å². The SMILES string of the molecule is O=[N+]([O-])C1=C(Br)CCC=C1. The van der Waals surface area contributed by atoms with Gasteiger partial charge in [-0.25, -0.2) is 0 Å². The van der Waals surface area contributed by atoms with Crippen LogP contribution in [0.4, 0.5) is 0 Å². The highest BCUT2D eigenvalue weighted by atomic mass is 79.9. The van der Waals surface area contributed by atoms with Crippen LogP contribution in [0.15, 0.2) is 22.3 Å². The van der Waals surface area contributed by atoms with E-state index < -0.39 is 0 Å². The first-order valence-electron chi connectivity index (χ1n) is 2.91. The highest BCUT2D eigenvalue weighted by Gasteiger charge is 2.14. The fourth-order valence-electron chi connectivity index (χ4n) is 0.783. The van der Waals surface area contributed by atoms with E-state index in [1.165, 1.54) is 6.08 Å². The summed E-state index contributed by atoms with van der Waals surface area (Å²) < 4.78 is 0.694. The van der Waals surface area contributed by atoms with Gasteiger partial charge in [-0.15, -0.1) is 0 Å². The van der Waals surface area contributed by atoms with E-state index in [9.17, 15) is 10.1 Å². The van der Waals surface area contributed by atoms with E-state index in [1.807, 2.05) is 6.08 Å². The molecule has 0 saturated carbocycles. The lowest BCUT2D eigenvalue weighted by Crippen LogP contribution is -2.00. The van der Waals surface area contributed by atoms with Crippen molar-refractivity contribution in [2.75, 3.05) is 0 Å². The summed E-state index contributed by atoms with van der Waals surface area (Å²) in [6.45, 7) is 0. The number of hydrogen-bond acceptors (Lipinski definition) is 2. The van der Waals surface area contributed by atoms with Crippen LogP contribution in [0.25, 0.3) is 0 Å². The van der Waals surface area contributed by atoms with Crippen LogP contribution in [0.1, 0.15) is 12.8 Å². The fraction of sp³-hybridized carbons (Fsp3) is 0.333. The lowest BCUT2D eigenvalue weighted by atomic mass is 10.1. The summed E-state index contributed by atoms with van der Waals surface area (Å²) in [4.78, 5) is 9.86. The molecule has 0 fully saturated rings. The maximum Gasteiger partial charge on any atom is 0.279 e. The summed E-state index contributed by atoms with van der Waals surface area (Å²) in [7, 11) is 0. The van der Waals surface area contributed by atoms with Gasteiger partial charge >= 0.3 is 0 Å². The molecule has 0 aromatic rings. The van der Waals surface area contributed by atoms with Crippen molar-refractivity contribution in [1.29, 1.82) is 0 Å². The Hall–Kier alpha value is -0.640. The molecule has 3 nitrogen and oxygen atoms in total. The first kappa shape index (κ1) is 7.47. The Morgan fingerprint density at radius 1 is 1.70 bits per heavy atom. The molecule has 10 heavy (non-hydrogen) atoms. The highest BCUT2D eigenvalue weighted by Crippen LogP contribution is 2.23. The fourth-order valence-corrected chi connectivity index (χ4v) is 1.29. The highest BCUT2D eigenvalue weighted by molar-refractivity contribution is 9.11. The molecule has 0 amide bonds. The van der Waals surface area contributed by atoms with E-state index in [1.54, 1.807) is 0 Å². The average Bonchev–Trinajstić information content (AvgIpc) is 1.88. The number of allylic oxidation sites excluding steroid dienone is 3. The Labute approximate surface area is 66.7 Å². The molecule has 0 N–H and O–H groups in total. The minimum absolute atomic E-state index is 0.186. The molecule has 0 atom stereocenters. The molecule has 1 aliphatic carbocycles. The van der Waals surface area contributed by atoms with Gasteiger partial charge in [0.05, 0.1) is 9.41 Å². The summed E-state index contributed by atoms with van der Waals surface area (Å²) in [6.07, 6.45) is 4.97. The predicted octanol–water partition coefficient (Wildman–Crippen LogP) is 2.22. The number of rotatable bonds is 1. The third-order valence-electron chi connectivity index (χ3n) is 1.28. The summed E-state index contributed by atoms with van der Waals surface area (Å²) in [5, 5.41) is 10.2. The third-order valence-corrected chi connectivity index (χ3v) is 2.08. The zero-order valence-electron chi connectivity index (χ0n) is 5.21. The van der Waals surface area contributed by atoms with E-state index in [0.29, 0.717) is 4.48 Å². The third kappa shape index (κ3) is 1.44. The summed E-state index contributed by atoms with van der Waals surface area (Å²) in [5.74, 6) is 0. The molecule has 1 rings (SSSR count). The van der Waals surface area contributed by atoms with Gasteiger partial charge in [-0.05, 0) is 28.8 Å². The van der Waals surface area contributed by atoms with Gasteiger partial charge in [-0.3, -0.25) is 10.1 Å². The van der Waals surface area contributed by atoms with Gasteiger partial charge in [-0.2, -0.15) is 0 Å². The predicted molar refractivity (Wildman–Crippen MR) is 41.3 cm³/mol. The van der Waals surface area contributed by atoms with Crippen molar-refractivity contribution in [2.45, 2.75) is 12.8 Å². The second kappa shape index (κ2) is 2.96. The van der Waals surface area contributed by atoms with Crippen LogP contribution >= 0.6 is 15.9 Å². The second-order valence-corrected chi connectivity index (χ2v) is 2.95. The van der Waals surface area contributed by atoms with Gasteiger partial charge in [0.15, 0.2) is 0 Å². The molecule has 4 heteroatoms. The first-order chi connectivity index (χ1) is 4.72. The topological polar surface area (TPSA) is 43.1 Å². The number of halogens is 1. The van der Waals surface area contributed by atoms with E-state index in [4.69, 9.17) is 0 Å². The molecule has 0 aromatic carbocycles. The molecule has 0 radical (unpaired) electrons. The molecule has 0 bridgehead atoms. The zero-order valence-corrected chi connectivity index (χ0v) is 6.80. The number of nitrogens with zero attached hydrogens (tertiary/aromatic N) is 1. The molecule has 1 aliphatic rings. The van der Waals surface area contributed by atoms with E-state index in [-0.39, 0.29) is 10.6 Å². The van der Waals surface area contributed by atoms with Gasteiger partial charge in [0.2, 0.25) is 0 Å². The van der Waals surface area contributed by atoms with Crippen molar-refractivity contribution in [3.63, 3.8) is 0 Å². The largest absolute Gasteiger partial charge is 0.279 e. The van der Waals surface area contributed by atoms with Crippen LogP contribution in [0.2, 0.25) is 0 Å². The van der Waals surface area contributed by atoms with Crippen LogP contribution < -0.4 is 0 Å². The van der Waals surface area contributed by atoms with Crippen molar-refractivity contribution in [2.24, 2.45) is 0 Å². The van der Waals surface area contributed by atoms with Crippen molar-refractivity contribution >= 4 is 15.9 Å². The Morgan fingerprint density at radius 2 is 2.40 bits per heavy atom. The van der Waals surface area contributed by atoms with E-state index in [0.717, 1.165) is 12.8 Å². The molecule has 0 aliphatic heterocycles. The average molecular weight is 204 g/mol. The van der Waals surface area contributed by atoms with Gasteiger partial charge in [0.1, 0.15) is 0 Å². The minimum atomic E-state index is -0.375. The maximum absolute atomic E-state index is 10.2. The first-order valence-corrected chi connectivity index (χ1v) is 3.70. The molecule has 0 unspecified atom stereocenters. The minimum Gasteiger partial charge on any atom is -0.258 e. The normalized spacial score (nSPS) is 17.7. The standard InChI is InChI=1S/C6H6BrNO2/c7-5-3-1-2-4-6(5)8(9)10/h2,4H,1,3H2. The molecule has 0 heterocycles. The molecule has 0 aromatic heterocycles. The lowest BCUT2D eigenvalue weighted by molar-refractivity contribution is -0.419. The second-order valence-electron chi connectivity index (χ2n) is 1.99. The van der Waals surface area contributed by atoms with E-state index >= 15 is 0 Å². The summed E-state index contributed by atoms with van der Waals surface area (Å²) >= 11 is 3.14. The number of hydrogen-bond donors (Lipinski definition) is 0. The Balaban J connectivity index is 2.90. The smallest absolute Gasteiger partial charge is 0.258 e. The molecule has 0 saturated heterocycles. The van der Waals surface area contributed by atoms with Crippen LogP contribution in [0.5, 0.6) is 0 Å². The van der Waals surface area contributed by atoms with Gasteiger partial charge in [0, 0.05) is 6.08 Å². The van der Waals surface area contributed by atoms with Gasteiger partial charge in [0.25, 0.3) is 5.70 Å². The van der Waals surface area contributed by atoms with Crippen LogP contribution in [0, 0.1) is 10.1 Å². The van der Waals surface area contributed by atoms with Crippen molar-refractivity contribution in [1.82, 2.24) is 0 Å². The molecule has 0 spiro atoms. The Bertz CT molecular complexity index is 220.